The molecular weight excluding hydrogens is 449 g/mol. The van der Waals surface area contributed by atoms with Crippen LogP contribution in [0.2, 0.25) is 0 Å². The van der Waals surface area contributed by atoms with Crippen molar-refractivity contribution in [2.24, 2.45) is 0 Å². The van der Waals surface area contributed by atoms with E-state index in [4.69, 9.17) is 10.1 Å². The van der Waals surface area contributed by atoms with E-state index in [2.05, 4.69) is 25.7 Å². The van der Waals surface area contributed by atoms with Gasteiger partial charge in [0, 0.05) is 54.2 Å². The van der Waals surface area contributed by atoms with Crippen molar-refractivity contribution in [3.05, 3.63) is 65.1 Å². The van der Waals surface area contributed by atoms with Gasteiger partial charge in [0.2, 0.25) is 5.91 Å². The molecule has 9 nitrogen and oxygen atoms in total. The third kappa shape index (κ3) is 4.51. The molecule has 0 spiro atoms. The smallest absolute Gasteiger partial charge is 0.222 e. The van der Waals surface area contributed by atoms with Crippen LogP contribution in [-0.2, 0) is 11.2 Å². The van der Waals surface area contributed by atoms with E-state index in [1.807, 2.05) is 0 Å². The third-order valence-electron chi connectivity index (χ3n) is 6.31. The second-order valence-corrected chi connectivity index (χ2v) is 8.80. The van der Waals surface area contributed by atoms with Crippen molar-refractivity contribution in [1.29, 1.82) is 5.41 Å². The molecule has 1 saturated carbocycles. The number of ether oxygens (including phenoxy) is 1. The van der Waals surface area contributed by atoms with Crippen LogP contribution in [0, 0.1) is 11.2 Å². The average molecular weight is 476 g/mol. The van der Waals surface area contributed by atoms with E-state index < -0.39 is 11.9 Å². The number of amides is 1. The molecule has 2 aromatic heterocycles. The standard InChI is InChI=1S/C25H26FN7O2/c1-14-20-10-18(26)6-7-21(20)33-23(29-13-30-33)9-16(11-27)24(32-19-4-3-5-19)17-8-22(35-14)25(28-12-17)31-15(2)34/h6-8,10-14,19,27,32H,3-5,9H2,1-2H3,(H,28,31,34)/b24-16-,27-11?/t14-/m1/s1. The number of rotatable bonds is 4. The molecule has 1 fully saturated rings. The topological polar surface area (TPSA) is 118 Å². The molecular formula is C25H26FN7O2. The summed E-state index contributed by atoms with van der Waals surface area (Å²) in [5.41, 5.74) is 3.36. The zero-order valence-corrected chi connectivity index (χ0v) is 19.5. The summed E-state index contributed by atoms with van der Waals surface area (Å²) in [6.07, 6.45) is 7.37. The number of hydrogen-bond acceptors (Lipinski definition) is 7. The number of nitrogens with one attached hydrogen (secondary N) is 3. The van der Waals surface area contributed by atoms with E-state index in [9.17, 15) is 9.18 Å². The van der Waals surface area contributed by atoms with Crippen molar-refractivity contribution in [2.45, 2.75) is 51.7 Å². The molecule has 3 N–H and O–H groups in total. The molecule has 1 amide bonds. The van der Waals surface area contributed by atoms with E-state index in [-0.39, 0.29) is 11.7 Å². The zero-order chi connectivity index (χ0) is 24.5. The van der Waals surface area contributed by atoms with E-state index in [1.54, 1.807) is 29.9 Å². The number of aromatic nitrogens is 4. The molecule has 10 heteroatoms. The lowest BCUT2D eigenvalue weighted by molar-refractivity contribution is -0.114. The maximum Gasteiger partial charge on any atom is 0.222 e. The Morgan fingerprint density at radius 3 is 2.83 bits per heavy atom. The SMILES string of the molecule is CC(=O)Nc1ncc2cc1O[C@H](C)c1cc(F)ccc1-n1ncnc1C/C(C=N)=C\2NC1CCC1. The molecule has 0 saturated heterocycles. The quantitative estimate of drug-likeness (QED) is 0.492. The first-order valence-corrected chi connectivity index (χ1v) is 11.6. The number of anilines is 1. The maximum absolute atomic E-state index is 14.3. The second kappa shape index (κ2) is 9.28. The number of carbonyl (C=O) groups excluding carboxylic acids is 1. The van der Waals surface area contributed by atoms with Crippen molar-refractivity contribution in [2.75, 3.05) is 5.32 Å². The van der Waals surface area contributed by atoms with Gasteiger partial charge in [-0.05, 0) is 50.5 Å². The van der Waals surface area contributed by atoms with Gasteiger partial charge in [-0.25, -0.2) is 19.0 Å². The second-order valence-electron chi connectivity index (χ2n) is 8.80. The summed E-state index contributed by atoms with van der Waals surface area (Å²) in [7, 11) is 0. The van der Waals surface area contributed by atoms with Gasteiger partial charge in [-0.15, -0.1) is 0 Å². The molecule has 2 bridgehead atoms. The Hall–Kier alpha value is -4.08. The molecule has 1 aliphatic heterocycles. The fourth-order valence-electron chi connectivity index (χ4n) is 4.32. The zero-order valence-electron chi connectivity index (χ0n) is 19.5. The van der Waals surface area contributed by atoms with Gasteiger partial charge < -0.3 is 20.8 Å². The Bertz CT molecular complexity index is 1330. The van der Waals surface area contributed by atoms with E-state index in [1.165, 1.54) is 31.6 Å². The van der Waals surface area contributed by atoms with Crippen LogP contribution >= 0.6 is 0 Å². The van der Waals surface area contributed by atoms with Crippen LogP contribution in [0.3, 0.4) is 0 Å². The van der Waals surface area contributed by atoms with Crippen LogP contribution in [-0.4, -0.2) is 37.9 Å². The van der Waals surface area contributed by atoms with Crippen LogP contribution in [0.5, 0.6) is 5.75 Å². The minimum Gasteiger partial charge on any atom is -0.482 e. The highest BCUT2D eigenvalue weighted by Crippen LogP contribution is 2.35. The van der Waals surface area contributed by atoms with Crippen molar-refractivity contribution in [3.63, 3.8) is 0 Å². The number of fused-ring (bicyclic) bond motifs is 5. The Morgan fingerprint density at radius 2 is 2.11 bits per heavy atom. The van der Waals surface area contributed by atoms with Gasteiger partial charge in [0.15, 0.2) is 11.6 Å². The Morgan fingerprint density at radius 1 is 1.29 bits per heavy atom. The lowest BCUT2D eigenvalue weighted by Gasteiger charge is -2.30. The molecule has 180 valence electrons. The molecule has 3 aromatic rings. The van der Waals surface area contributed by atoms with Crippen LogP contribution < -0.4 is 15.4 Å². The fraction of sp³-hybridized carbons (Fsp3) is 0.320. The predicted molar refractivity (Wildman–Crippen MR) is 129 cm³/mol. The summed E-state index contributed by atoms with van der Waals surface area (Å²) in [6, 6.07) is 6.51. The normalized spacial score (nSPS) is 19.7. The molecule has 0 unspecified atom stereocenters. The number of hydrogen-bond donors (Lipinski definition) is 3. The van der Waals surface area contributed by atoms with Gasteiger partial charge in [0.1, 0.15) is 24.1 Å². The van der Waals surface area contributed by atoms with Crippen molar-refractivity contribution >= 4 is 23.6 Å². The monoisotopic (exact) mass is 475 g/mol. The van der Waals surface area contributed by atoms with Crippen molar-refractivity contribution in [1.82, 2.24) is 25.1 Å². The lowest BCUT2D eigenvalue weighted by atomic mass is 9.91. The number of nitrogens with zero attached hydrogens (tertiary/aromatic N) is 4. The van der Waals surface area contributed by atoms with E-state index >= 15 is 0 Å². The maximum atomic E-state index is 14.3. The molecule has 35 heavy (non-hydrogen) atoms. The Labute approximate surface area is 201 Å². The Kier molecular flexibility index (Phi) is 6.02. The number of carbonyl (C=O) groups is 1. The number of benzene rings is 1. The molecule has 5 rings (SSSR count). The summed E-state index contributed by atoms with van der Waals surface area (Å²) in [5, 5.41) is 18.9. The number of allylic oxidation sites excluding steroid dienone is 1. The highest BCUT2D eigenvalue weighted by atomic mass is 19.1. The average Bonchev–Trinajstić information content (AvgIpc) is 3.25. The van der Waals surface area contributed by atoms with Crippen molar-refractivity contribution < 1.29 is 13.9 Å². The summed E-state index contributed by atoms with van der Waals surface area (Å²) in [5.74, 6) is 0.529. The summed E-state index contributed by atoms with van der Waals surface area (Å²) in [4.78, 5) is 20.7. The minimum absolute atomic E-state index is 0.268. The molecule has 1 aromatic carbocycles. The van der Waals surface area contributed by atoms with Gasteiger partial charge in [-0.2, -0.15) is 5.10 Å². The van der Waals surface area contributed by atoms with E-state index in [0.29, 0.717) is 40.9 Å². The van der Waals surface area contributed by atoms with Gasteiger partial charge in [-0.3, -0.25) is 4.79 Å². The van der Waals surface area contributed by atoms with Crippen LogP contribution in [0.15, 0.2) is 42.4 Å². The van der Waals surface area contributed by atoms with Crippen molar-refractivity contribution in [3.8, 4) is 11.4 Å². The van der Waals surface area contributed by atoms with Gasteiger partial charge in [0.05, 0.1) is 5.69 Å². The van der Waals surface area contributed by atoms with E-state index in [0.717, 1.165) is 30.5 Å². The summed E-state index contributed by atoms with van der Waals surface area (Å²) >= 11 is 0. The van der Waals surface area contributed by atoms with Crippen LogP contribution in [0.25, 0.3) is 11.4 Å². The third-order valence-corrected chi connectivity index (χ3v) is 6.31. The minimum atomic E-state index is -0.601. The molecule has 1 aliphatic carbocycles. The van der Waals surface area contributed by atoms with Gasteiger partial charge in [-0.1, -0.05) is 0 Å². The van der Waals surface area contributed by atoms with Gasteiger partial charge >= 0.3 is 0 Å². The molecule has 3 heterocycles. The highest BCUT2D eigenvalue weighted by molar-refractivity contribution is 5.91. The lowest BCUT2D eigenvalue weighted by Crippen LogP contribution is -2.35. The number of halogens is 1. The number of pyridine rings is 1. The Balaban J connectivity index is 1.73. The summed E-state index contributed by atoms with van der Waals surface area (Å²) < 4.78 is 22.2. The highest BCUT2D eigenvalue weighted by Gasteiger charge is 2.25. The fourth-order valence-corrected chi connectivity index (χ4v) is 4.32. The molecule has 1 atom stereocenters. The predicted octanol–water partition coefficient (Wildman–Crippen LogP) is 3.96. The molecule has 0 radical (unpaired) electrons. The first-order valence-electron chi connectivity index (χ1n) is 11.6. The first kappa shape index (κ1) is 22.7. The van der Waals surface area contributed by atoms with Gasteiger partial charge in [0.25, 0.3) is 0 Å². The van der Waals surface area contributed by atoms with Crippen LogP contribution in [0.1, 0.15) is 56.2 Å². The summed E-state index contributed by atoms with van der Waals surface area (Å²) in [6.45, 7) is 3.20. The van der Waals surface area contributed by atoms with Crippen LogP contribution in [0.4, 0.5) is 10.2 Å². The largest absolute Gasteiger partial charge is 0.482 e. The first-order chi connectivity index (χ1) is 16.9. The molecule has 2 aliphatic rings.